The molecule has 1 heterocycles. The molecule has 1 aliphatic carbocycles. The lowest BCUT2D eigenvalue weighted by molar-refractivity contribution is 0.00578. The van der Waals surface area contributed by atoms with Crippen LogP contribution in [0.3, 0.4) is 0 Å². The standard InChI is InChI=1S/C16H23BO3.C2H6/c1-10-8-12(18)9-13(14(10)11-6-7-11)17-19-15(2,3)16(4,5)20-17;1-2/h8-9,11,18H,6-7H2,1-5H3;1-2H3. The molecule has 122 valence electrons. The summed E-state index contributed by atoms with van der Waals surface area (Å²) in [7, 11) is -0.388. The van der Waals surface area contributed by atoms with E-state index in [-0.39, 0.29) is 24.1 Å². The Bertz CT molecular complexity index is 532. The Kier molecular flexibility index (Phi) is 4.65. The maximum absolute atomic E-state index is 9.93. The summed E-state index contributed by atoms with van der Waals surface area (Å²) in [5.41, 5.74) is 2.75. The van der Waals surface area contributed by atoms with Crippen molar-refractivity contribution >= 4 is 12.6 Å². The molecule has 0 amide bonds. The number of hydrogen-bond acceptors (Lipinski definition) is 3. The van der Waals surface area contributed by atoms with Gasteiger partial charge in [-0.25, -0.2) is 0 Å². The summed E-state index contributed by atoms with van der Waals surface area (Å²) < 4.78 is 12.3. The van der Waals surface area contributed by atoms with Gasteiger partial charge in [0.15, 0.2) is 0 Å². The molecule has 3 nitrogen and oxygen atoms in total. The molecular weight excluding hydrogens is 275 g/mol. The zero-order valence-electron chi connectivity index (χ0n) is 15.0. The molecule has 4 heteroatoms. The van der Waals surface area contributed by atoms with Crippen LogP contribution in [-0.2, 0) is 9.31 Å². The molecule has 1 N–H and O–H groups in total. The Morgan fingerprint density at radius 2 is 1.55 bits per heavy atom. The molecule has 0 unspecified atom stereocenters. The lowest BCUT2D eigenvalue weighted by atomic mass is 9.73. The zero-order valence-corrected chi connectivity index (χ0v) is 15.0. The minimum Gasteiger partial charge on any atom is -0.508 e. The van der Waals surface area contributed by atoms with Crippen LogP contribution >= 0.6 is 0 Å². The summed E-state index contributed by atoms with van der Waals surface area (Å²) >= 11 is 0. The Labute approximate surface area is 135 Å². The van der Waals surface area contributed by atoms with Crippen molar-refractivity contribution in [1.82, 2.24) is 0 Å². The van der Waals surface area contributed by atoms with E-state index in [9.17, 15) is 5.11 Å². The van der Waals surface area contributed by atoms with Crippen LogP contribution in [0.25, 0.3) is 0 Å². The van der Waals surface area contributed by atoms with Crippen molar-refractivity contribution in [1.29, 1.82) is 0 Å². The molecule has 1 aromatic carbocycles. The third kappa shape index (κ3) is 3.04. The molecule has 0 aromatic heterocycles. The minimum absolute atomic E-state index is 0.289. The van der Waals surface area contributed by atoms with E-state index in [1.807, 2.05) is 26.0 Å². The Morgan fingerprint density at radius 1 is 1.05 bits per heavy atom. The van der Waals surface area contributed by atoms with Crippen LogP contribution in [0.1, 0.15) is 71.4 Å². The number of aromatic hydroxyl groups is 1. The first-order valence-corrected chi connectivity index (χ1v) is 8.40. The predicted molar refractivity (Wildman–Crippen MR) is 91.9 cm³/mol. The fourth-order valence-electron chi connectivity index (χ4n) is 2.90. The van der Waals surface area contributed by atoms with Gasteiger partial charge < -0.3 is 14.4 Å². The van der Waals surface area contributed by atoms with E-state index in [0.29, 0.717) is 5.92 Å². The Hall–Kier alpha value is -0.995. The molecular formula is C18H29BO3. The maximum Gasteiger partial charge on any atom is 0.495 e. The summed E-state index contributed by atoms with van der Waals surface area (Å²) in [5.74, 6) is 0.890. The molecule has 0 atom stereocenters. The first-order chi connectivity index (χ1) is 10.2. The van der Waals surface area contributed by atoms with Gasteiger partial charge in [-0.15, -0.1) is 0 Å². The van der Waals surface area contributed by atoms with E-state index in [4.69, 9.17) is 9.31 Å². The van der Waals surface area contributed by atoms with E-state index in [1.165, 1.54) is 18.4 Å². The monoisotopic (exact) mass is 304 g/mol. The van der Waals surface area contributed by atoms with E-state index < -0.39 is 0 Å². The molecule has 0 radical (unpaired) electrons. The fourth-order valence-corrected chi connectivity index (χ4v) is 2.90. The van der Waals surface area contributed by atoms with Gasteiger partial charge in [0.05, 0.1) is 11.2 Å². The lowest BCUT2D eigenvalue weighted by Gasteiger charge is -2.32. The summed E-state index contributed by atoms with van der Waals surface area (Å²) in [6, 6.07) is 3.64. The minimum atomic E-state index is -0.388. The Morgan fingerprint density at radius 3 is 2.00 bits per heavy atom. The van der Waals surface area contributed by atoms with Crippen molar-refractivity contribution in [2.45, 2.75) is 78.4 Å². The third-order valence-electron chi connectivity index (χ3n) is 4.90. The smallest absolute Gasteiger partial charge is 0.495 e. The summed E-state index contributed by atoms with van der Waals surface area (Å²) in [5, 5.41) is 9.93. The number of phenolic OH excluding ortho intramolecular Hbond substituents is 1. The normalized spacial score (nSPS) is 22.2. The first kappa shape index (κ1) is 17.4. The van der Waals surface area contributed by atoms with Gasteiger partial charge in [-0.05, 0) is 82.1 Å². The third-order valence-corrected chi connectivity index (χ3v) is 4.90. The summed E-state index contributed by atoms with van der Waals surface area (Å²) in [4.78, 5) is 0. The highest BCUT2D eigenvalue weighted by molar-refractivity contribution is 6.62. The van der Waals surface area contributed by atoms with Gasteiger partial charge in [0.2, 0.25) is 0 Å². The second kappa shape index (κ2) is 5.90. The second-order valence-corrected chi connectivity index (χ2v) is 7.13. The lowest BCUT2D eigenvalue weighted by Crippen LogP contribution is -2.41. The number of hydrogen-bond donors (Lipinski definition) is 1. The number of benzene rings is 1. The quantitative estimate of drug-likeness (QED) is 0.842. The Balaban J connectivity index is 0.000000847. The van der Waals surface area contributed by atoms with Crippen molar-refractivity contribution in [2.75, 3.05) is 0 Å². The van der Waals surface area contributed by atoms with Crippen molar-refractivity contribution in [3.05, 3.63) is 23.3 Å². The number of rotatable bonds is 2. The zero-order chi connectivity index (χ0) is 16.7. The average Bonchev–Trinajstić information content (AvgIpc) is 3.19. The highest BCUT2D eigenvalue weighted by Gasteiger charge is 2.52. The highest BCUT2D eigenvalue weighted by atomic mass is 16.7. The molecule has 3 rings (SSSR count). The van der Waals surface area contributed by atoms with Crippen LogP contribution in [0.2, 0.25) is 0 Å². The van der Waals surface area contributed by atoms with Crippen LogP contribution in [0.15, 0.2) is 12.1 Å². The SMILES string of the molecule is CC.Cc1cc(O)cc(B2OC(C)(C)C(C)(C)O2)c1C1CC1. The molecule has 0 bridgehead atoms. The molecule has 2 aliphatic rings. The van der Waals surface area contributed by atoms with Crippen molar-refractivity contribution < 1.29 is 14.4 Å². The molecule has 2 fully saturated rings. The molecule has 1 aliphatic heterocycles. The second-order valence-electron chi connectivity index (χ2n) is 7.13. The molecule has 22 heavy (non-hydrogen) atoms. The van der Waals surface area contributed by atoms with Crippen LogP contribution in [0.4, 0.5) is 0 Å². The van der Waals surface area contributed by atoms with E-state index in [0.717, 1.165) is 11.0 Å². The average molecular weight is 304 g/mol. The molecule has 1 aromatic rings. The van der Waals surface area contributed by atoms with Crippen LogP contribution in [-0.4, -0.2) is 23.4 Å². The molecule has 0 spiro atoms. The number of phenols is 1. The highest BCUT2D eigenvalue weighted by Crippen LogP contribution is 2.43. The van der Waals surface area contributed by atoms with Gasteiger partial charge in [-0.2, -0.15) is 0 Å². The van der Waals surface area contributed by atoms with Crippen LogP contribution in [0.5, 0.6) is 5.75 Å². The largest absolute Gasteiger partial charge is 0.508 e. The molecule has 1 saturated heterocycles. The first-order valence-electron chi connectivity index (χ1n) is 8.40. The van der Waals surface area contributed by atoms with Crippen LogP contribution < -0.4 is 5.46 Å². The van der Waals surface area contributed by atoms with Gasteiger partial charge >= 0.3 is 7.12 Å². The van der Waals surface area contributed by atoms with E-state index in [2.05, 4.69) is 34.6 Å². The van der Waals surface area contributed by atoms with Crippen LogP contribution in [0, 0.1) is 6.92 Å². The van der Waals surface area contributed by atoms with Crippen molar-refractivity contribution in [2.24, 2.45) is 0 Å². The van der Waals surface area contributed by atoms with Gasteiger partial charge in [-0.3, -0.25) is 0 Å². The van der Waals surface area contributed by atoms with Crippen molar-refractivity contribution in [3.8, 4) is 5.75 Å². The fraction of sp³-hybridized carbons (Fsp3) is 0.667. The summed E-state index contributed by atoms with van der Waals surface area (Å²) in [6.07, 6.45) is 2.44. The van der Waals surface area contributed by atoms with E-state index in [1.54, 1.807) is 0 Å². The number of aryl methyl sites for hydroxylation is 1. The van der Waals surface area contributed by atoms with Gasteiger partial charge in [-0.1, -0.05) is 13.8 Å². The van der Waals surface area contributed by atoms with E-state index >= 15 is 0 Å². The van der Waals surface area contributed by atoms with Crippen molar-refractivity contribution in [3.63, 3.8) is 0 Å². The van der Waals surface area contributed by atoms with Gasteiger partial charge in [0.25, 0.3) is 0 Å². The predicted octanol–water partition coefficient (Wildman–Crippen LogP) is 3.90. The molecule has 1 saturated carbocycles. The summed E-state index contributed by atoms with van der Waals surface area (Å²) in [6.45, 7) is 14.3. The van der Waals surface area contributed by atoms with Gasteiger partial charge in [0, 0.05) is 0 Å². The topological polar surface area (TPSA) is 38.7 Å². The maximum atomic E-state index is 9.93. The van der Waals surface area contributed by atoms with Gasteiger partial charge in [0.1, 0.15) is 5.75 Å².